The van der Waals surface area contributed by atoms with Gasteiger partial charge >= 0.3 is 0 Å². The number of benzene rings is 2. The Hall–Kier alpha value is -6.67. The molecule has 0 saturated carbocycles. The molecule has 0 aliphatic carbocycles. The number of hydrogen-bond donors (Lipinski definition) is 7. The fourth-order valence-electron chi connectivity index (χ4n) is 11.6. The van der Waals surface area contributed by atoms with E-state index in [-0.39, 0.29) is 147 Å². The molecule has 0 unspecified atom stereocenters. The van der Waals surface area contributed by atoms with E-state index in [2.05, 4.69) is 110 Å². The quantitative estimate of drug-likeness (QED) is 0.0204. The highest BCUT2D eigenvalue weighted by atomic mass is 32.2. The van der Waals surface area contributed by atoms with Crippen molar-refractivity contribution in [2.45, 2.75) is 256 Å². The van der Waals surface area contributed by atoms with Crippen molar-refractivity contribution in [2.75, 3.05) is 118 Å². The van der Waals surface area contributed by atoms with Crippen LogP contribution in [0.5, 0.6) is 5.75 Å². The highest BCUT2D eigenvalue weighted by molar-refractivity contribution is 7.99. The Morgan fingerprint density at radius 2 is 0.796 bits per heavy atom. The SMILES string of the molecule is CCCSc1nnc(-c2ccc(OCCNC(=O)c3ccc(C(=O)N(CCNC(=O)CC(C)(C)COCC(C)(C)CNC(=O)CC(C)(C)COCC(C)(C)CNC(=O)C(C)(C)CCC(C)(C)C)CCNC(=O)CC(C)(C)COCC(C)(C)CNC(=O)CC(C)(C)OCC(C)(C)CNC(=O)C(C)(C)CCC(C)(C)C)cc3)cc2)o1. The molecule has 642 valence electrons. The van der Waals surface area contributed by atoms with Gasteiger partial charge < -0.3 is 70.2 Å². The van der Waals surface area contributed by atoms with Gasteiger partial charge in [0.2, 0.25) is 41.3 Å². The number of carbonyl (C=O) groups is 8. The standard InChI is InChI=1S/C88H150N10O14S/c1-28-47-113-76-97-96-72(112-76)64-33-35-66(36-34-64)110-46-43-91-71(103)63-29-31-65(32-30-63)73(104)98(45-42-90-68(100)49-80(10,11)57-108-60-83(16,17)53-93-70(102)51-88(26,27)111-62-85(20,21)55-95-75(106)87(24,25)40-38-78(5,6)7)44-41-89-67(99)48-79(8,9)56-107-59-82(14,15)52-92-69(101)50-81(12,13)58-109-61-84(18,19)54-94-74(105)86(22,23)39-37-77(2,3)4/h29-36H,28,37-62H2,1-27H3,(H,89,99)(H,90,100)(H,91,103)(H,92,101)(H,93,102)(H,94,105)(H,95,106). The van der Waals surface area contributed by atoms with Crippen molar-refractivity contribution in [1.82, 2.24) is 52.3 Å². The van der Waals surface area contributed by atoms with E-state index in [1.54, 1.807) is 41.3 Å². The smallest absolute Gasteiger partial charge is 0.276 e. The Morgan fingerprint density at radius 1 is 0.416 bits per heavy atom. The van der Waals surface area contributed by atoms with Crippen molar-refractivity contribution in [3.63, 3.8) is 0 Å². The third-order valence-electron chi connectivity index (χ3n) is 19.2. The zero-order valence-electron chi connectivity index (χ0n) is 74.7. The zero-order chi connectivity index (χ0) is 85.7. The van der Waals surface area contributed by atoms with Gasteiger partial charge in [-0.15, -0.1) is 10.2 Å². The van der Waals surface area contributed by atoms with Crippen molar-refractivity contribution >= 4 is 59.0 Å². The Morgan fingerprint density at radius 3 is 1.21 bits per heavy atom. The van der Waals surface area contributed by atoms with E-state index in [0.717, 1.165) is 43.4 Å². The molecule has 8 amide bonds. The molecule has 0 atom stereocenters. The highest BCUT2D eigenvalue weighted by Crippen LogP contribution is 2.35. The Kier molecular flexibility index (Phi) is 39.2. The minimum atomic E-state index is -0.764. The summed E-state index contributed by atoms with van der Waals surface area (Å²) in [4.78, 5) is 109. The normalized spacial score (nSPS) is 13.1. The first-order valence-electron chi connectivity index (χ1n) is 40.7. The Labute approximate surface area is 683 Å². The average molecular weight is 1600 g/mol. The van der Waals surface area contributed by atoms with Gasteiger partial charge in [-0.3, -0.25) is 38.4 Å². The first-order valence-corrected chi connectivity index (χ1v) is 41.7. The molecule has 1 heterocycles. The van der Waals surface area contributed by atoms with Gasteiger partial charge in [-0.1, -0.05) is 185 Å². The molecule has 0 spiro atoms. The molecule has 113 heavy (non-hydrogen) atoms. The molecule has 1 aromatic heterocycles. The molecule has 0 saturated heterocycles. The number of nitrogens with zero attached hydrogens (tertiary/aromatic N) is 3. The van der Waals surface area contributed by atoms with Crippen LogP contribution in [0.15, 0.2) is 58.2 Å². The van der Waals surface area contributed by atoms with Gasteiger partial charge in [-0.05, 0) is 122 Å². The molecule has 0 radical (unpaired) electrons. The number of hydrogen-bond acceptors (Lipinski definition) is 17. The maximum atomic E-state index is 14.4. The van der Waals surface area contributed by atoms with Gasteiger partial charge in [-0.2, -0.15) is 0 Å². The van der Waals surface area contributed by atoms with Gasteiger partial charge in [0, 0.05) is 127 Å². The number of ether oxygens (including phenoxy) is 5. The summed E-state index contributed by atoms with van der Waals surface area (Å²) in [5.74, 6) is 0.494. The largest absolute Gasteiger partial charge is 0.492 e. The van der Waals surface area contributed by atoms with E-state index in [0.29, 0.717) is 87.2 Å². The topological polar surface area (TPSA) is 309 Å². The van der Waals surface area contributed by atoms with Crippen LogP contribution in [0.25, 0.3) is 11.5 Å². The maximum Gasteiger partial charge on any atom is 0.276 e. The van der Waals surface area contributed by atoms with E-state index in [9.17, 15) is 38.4 Å². The van der Waals surface area contributed by atoms with E-state index >= 15 is 0 Å². The zero-order valence-corrected chi connectivity index (χ0v) is 75.5. The summed E-state index contributed by atoms with van der Waals surface area (Å²) in [6.07, 6.45) is 5.10. The predicted molar refractivity (Wildman–Crippen MR) is 451 cm³/mol. The second kappa shape index (κ2) is 44.0. The first-order chi connectivity index (χ1) is 51.8. The lowest BCUT2D eigenvalue weighted by molar-refractivity contribution is -0.132. The summed E-state index contributed by atoms with van der Waals surface area (Å²) < 4.78 is 36.6. The summed E-state index contributed by atoms with van der Waals surface area (Å²) in [6.45, 7) is 59.7. The van der Waals surface area contributed by atoms with Crippen LogP contribution in [0.2, 0.25) is 0 Å². The number of rotatable bonds is 53. The maximum absolute atomic E-state index is 14.4. The minimum absolute atomic E-state index is 0.0179. The van der Waals surface area contributed by atoms with E-state index < -0.39 is 43.5 Å². The second-order valence-electron chi connectivity index (χ2n) is 41.1. The van der Waals surface area contributed by atoms with E-state index in [4.69, 9.17) is 28.1 Å². The minimum Gasteiger partial charge on any atom is -0.492 e. The van der Waals surface area contributed by atoms with Crippen LogP contribution in [0.3, 0.4) is 0 Å². The molecular formula is C88H150N10O14S. The van der Waals surface area contributed by atoms with Crippen LogP contribution in [-0.2, 0) is 47.7 Å². The molecular weight excluding hydrogens is 1450 g/mol. The summed E-state index contributed by atoms with van der Waals surface area (Å²) in [5, 5.41) is 30.0. The Bertz CT molecular complexity index is 3470. The summed E-state index contributed by atoms with van der Waals surface area (Å²) in [7, 11) is 0. The van der Waals surface area contributed by atoms with Crippen LogP contribution in [0.4, 0.5) is 0 Å². The van der Waals surface area contributed by atoms with Gasteiger partial charge in [-0.25, -0.2) is 0 Å². The van der Waals surface area contributed by atoms with Crippen LogP contribution in [0.1, 0.15) is 265 Å². The van der Waals surface area contributed by atoms with Crippen molar-refractivity contribution in [3.8, 4) is 17.2 Å². The first kappa shape index (κ1) is 101. The van der Waals surface area contributed by atoms with Gasteiger partial charge in [0.1, 0.15) is 12.4 Å². The van der Waals surface area contributed by atoms with Crippen molar-refractivity contribution < 1.29 is 66.5 Å². The van der Waals surface area contributed by atoms with Crippen LogP contribution >= 0.6 is 11.8 Å². The van der Waals surface area contributed by atoms with Gasteiger partial charge in [0.05, 0.1) is 64.8 Å². The second-order valence-corrected chi connectivity index (χ2v) is 42.2. The van der Waals surface area contributed by atoms with Crippen LogP contribution in [-0.4, -0.2) is 185 Å². The van der Waals surface area contributed by atoms with E-state index in [1.807, 2.05) is 137 Å². The predicted octanol–water partition coefficient (Wildman–Crippen LogP) is 14.5. The van der Waals surface area contributed by atoms with E-state index in [1.165, 1.54) is 11.8 Å². The number of thioether (sulfide) groups is 1. The Balaban J connectivity index is 1.56. The van der Waals surface area contributed by atoms with Gasteiger partial charge in [0.15, 0.2) is 0 Å². The molecule has 0 fully saturated rings. The number of amides is 8. The van der Waals surface area contributed by atoms with Crippen molar-refractivity contribution in [3.05, 3.63) is 59.7 Å². The molecule has 3 aromatic rings. The van der Waals surface area contributed by atoms with Crippen LogP contribution < -0.4 is 42.0 Å². The summed E-state index contributed by atoms with van der Waals surface area (Å²) >= 11 is 1.51. The van der Waals surface area contributed by atoms with Gasteiger partial charge in [0.25, 0.3) is 17.0 Å². The molecule has 0 aliphatic rings. The highest BCUT2D eigenvalue weighted by Gasteiger charge is 2.36. The summed E-state index contributed by atoms with van der Waals surface area (Å²) in [6, 6.07) is 13.5. The molecule has 25 heteroatoms. The molecule has 0 bridgehead atoms. The molecule has 2 aromatic carbocycles. The lowest BCUT2D eigenvalue weighted by Crippen LogP contribution is -2.45. The molecule has 0 aliphatic heterocycles. The fraction of sp³-hybridized carbons (Fsp3) is 0.750. The molecule has 3 rings (SSSR count). The average Bonchev–Trinajstić information content (AvgIpc) is 1.37. The molecule has 7 N–H and O–H groups in total. The number of aromatic nitrogens is 2. The number of nitrogens with one attached hydrogen (secondary N) is 7. The van der Waals surface area contributed by atoms with Crippen LogP contribution in [0, 0.1) is 59.6 Å². The monoisotopic (exact) mass is 1600 g/mol. The lowest BCUT2D eigenvalue weighted by Gasteiger charge is -2.34. The third-order valence-corrected chi connectivity index (χ3v) is 20.2. The number of carbonyl (C=O) groups excluding carboxylic acids is 8. The van der Waals surface area contributed by atoms with Crippen molar-refractivity contribution in [2.24, 2.45) is 59.6 Å². The third kappa shape index (κ3) is 42.7. The fourth-order valence-corrected chi connectivity index (χ4v) is 12.2. The summed E-state index contributed by atoms with van der Waals surface area (Å²) in [5.41, 5.74) is -3.22. The van der Waals surface area contributed by atoms with Crippen molar-refractivity contribution in [1.29, 1.82) is 0 Å². The molecule has 24 nitrogen and oxygen atoms in total. The lowest BCUT2D eigenvalue weighted by atomic mass is 9.79.